The van der Waals surface area contributed by atoms with E-state index in [2.05, 4.69) is 5.73 Å². The van der Waals surface area contributed by atoms with Gasteiger partial charge in [0.2, 0.25) is 0 Å². The minimum Gasteiger partial charge on any atom is -0.371 e. The quantitative estimate of drug-likeness (QED) is 0.214. The third-order valence-electron chi connectivity index (χ3n) is 1.17. The van der Waals surface area contributed by atoms with Gasteiger partial charge in [-0.25, -0.2) is 0 Å². The highest BCUT2D eigenvalue weighted by Crippen LogP contribution is 2.52. The van der Waals surface area contributed by atoms with E-state index in [1.54, 1.807) is 0 Å². The summed E-state index contributed by atoms with van der Waals surface area (Å²) in [6, 6.07) is 0. The van der Waals surface area contributed by atoms with Crippen LogP contribution in [0.5, 0.6) is 0 Å². The SMILES string of the molecule is CC(N)(O)C(C(N)=O)[P+](O)(O)O. The Kier molecular flexibility index (Phi) is 3.13. The number of rotatable bonds is 3. The molecule has 0 aromatic carbocycles. The van der Waals surface area contributed by atoms with E-state index in [0.29, 0.717) is 0 Å². The molecule has 0 bridgehead atoms. The molecule has 0 rings (SSSR count). The summed E-state index contributed by atoms with van der Waals surface area (Å²) in [6.07, 6.45) is 0. The van der Waals surface area contributed by atoms with Gasteiger partial charge in [-0.2, -0.15) is 14.7 Å². The van der Waals surface area contributed by atoms with E-state index < -0.39 is 25.2 Å². The van der Waals surface area contributed by atoms with Gasteiger partial charge >= 0.3 is 7.94 Å². The van der Waals surface area contributed by atoms with Crippen LogP contribution in [0.3, 0.4) is 0 Å². The summed E-state index contributed by atoms with van der Waals surface area (Å²) in [4.78, 5) is 36.5. The van der Waals surface area contributed by atoms with Gasteiger partial charge in [-0.05, 0) is 6.92 Å². The van der Waals surface area contributed by atoms with Crippen LogP contribution < -0.4 is 11.5 Å². The minimum atomic E-state index is -4.55. The molecule has 0 heterocycles. The van der Waals surface area contributed by atoms with Crippen LogP contribution >= 0.6 is 7.94 Å². The first-order valence-electron chi connectivity index (χ1n) is 2.94. The average Bonchev–Trinajstić information content (AvgIpc) is 1.49. The summed E-state index contributed by atoms with van der Waals surface area (Å²) in [7, 11) is -4.55. The summed E-state index contributed by atoms with van der Waals surface area (Å²) in [5.41, 5.74) is 5.43. The molecule has 0 radical (unpaired) electrons. The molecule has 8 N–H and O–H groups in total. The molecule has 0 aromatic rings. The predicted molar refractivity (Wildman–Crippen MR) is 41.4 cm³/mol. The second kappa shape index (κ2) is 3.21. The second-order valence-electron chi connectivity index (χ2n) is 2.65. The Morgan fingerprint density at radius 1 is 1.50 bits per heavy atom. The summed E-state index contributed by atoms with van der Waals surface area (Å²) in [6.45, 7) is 0.930. The smallest absolute Gasteiger partial charge is 0.371 e. The van der Waals surface area contributed by atoms with Gasteiger partial charge in [-0.3, -0.25) is 10.5 Å². The molecule has 0 saturated carbocycles. The van der Waals surface area contributed by atoms with Crippen LogP contribution in [0.2, 0.25) is 0 Å². The summed E-state index contributed by atoms with van der Waals surface area (Å²) in [5, 5.41) is 9.01. The molecule has 2 unspecified atom stereocenters. The van der Waals surface area contributed by atoms with Crippen LogP contribution in [0.4, 0.5) is 0 Å². The molecule has 0 aliphatic rings. The first-order valence-corrected chi connectivity index (χ1v) is 4.66. The van der Waals surface area contributed by atoms with Gasteiger partial charge < -0.3 is 10.8 Å². The molecule has 12 heavy (non-hydrogen) atoms. The monoisotopic (exact) mass is 199 g/mol. The standard InChI is InChI=1S/C4H11N2O5P/c1-4(6,8)2(3(5)7)12(9,10)11/h2,8-11H,6H2,1H3,(H-,5,7)/p+1. The molecular weight excluding hydrogens is 187 g/mol. The van der Waals surface area contributed by atoms with Crippen molar-refractivity contribution in [3.8, 4) is 0 Å². The van der Waals surface area contributed by atoms with Crippen molar-refractivity contribution < 1.29 is 24.6 Å². The lowest BCUT2D eigenvalue weighted by Gasteiger charge is -2.24. The Morgan fingerprint density at radius 3 is 1.83 bits per heavy atom. The lowest BCUT2D eigenvalue weighted by atomic mass is 10.2. The number of primary amides is 1. The largest absolute Gasteiger partial charge is 0.421 e. The fourth-order valence-electron chi connectivity index (χ4n) is 0.809. The van der Waals surface area contributed by atoms with Crippen LogP contribution in [0, 0.1) is 0 Å². The number of hydrogen-bond donors (Lipinski definition) is 6. The van der Waals surface area contributed by atoms with Crippen molar-refractivity contribution >= 4 is 13.9 Å². The van der Waals surface area contributed by atoms with Crippen molar-refractivity contribution in [2.45, 2.75) is 18.3 Å². The van der Waals surface area contributed by atoms with Crippen molar-refractivity contribution in [1.82, 2.24) is 0 Å². The van der Waals surface area contributed by atoms with Gasteiger partial charge in [0.25, 0.3) is 11.6 Å². The van der Waals surface area contributed by atoms with E-state index in [-0.39, 0.29) is 0 Å². The van der Waals surface area contributed by atoms with Gasteiger partial charge in [0.05, 0.1) is 0 Å². The number of carbonyl (C=O) groups excluding carboxylic acids is 1. The van der Waals surface area contributed by atoms with E-state index in [9.17, 15) is 4.79 Å². The van der Waals surface area contributed by atoms with Crippen LogP contribution in [0.1, 0.15) is 6.92 Å². The topological polar surface area (TPSA) is 150 Å². The molecule has 0 spiro atoms. The van der Waals surface area contributed by atoms with Crippen molar-refractivity contribution in [3.63, 3.8) is 0 Å². The Balaban J connectivity index is 4.82. The first-order chi connectivity index (χ1) is 5.07. The van der Waals surface area contributed by atoms with Crippen LogP contribution in [-0.2, 0) is 4.79 Å². The molecule has 8 heteroatoms. The van der Waals surface area contributed by atoms with E-state index in [1.807, 2.05) is 0 Å². The fourth-order valence-corrected chi connectivity index (χ4v) is 1.85. The highest BCUT2D eigenvalue weighted by molar-refractivity contribution is 7.60. The lowest BCUT2D eigenvalue weighted by Crippen LogP contribution is -2.54. The minimum absolute atomic E-state index is 0.930. The Labute approximate surface area is 69.2 Å². The molecule has 0 saturated heterocycles. The van der Waals surface area contributed by atoms with Gasteiger partial charge in [0.15, 0.2) is 5.72 Å². The zero-order valence-electron chi connectivity index (χ0n) is 6.38. The fraction of sp³-hybridized carbons (Fsp3) is 0.750. The van der Waals surface area contributed by atoms with E-state index in [1.165, 1.54) is 0 Å². The number of hydrogen-bond acceptors (Lipinski definition) is 6. The van der Waals surface area contributed by atoms with Crippen LogP contribution in [-0.4, -0.2) is 37.1 Å². The third-order valence-corrected chi connectivity index (χ3v) is 2.64. The zero-order valence-corrected chi connectivity index (χ0v) is 7.27. The van der Waals surface area contributed by atoms with Crippen LogP contribution in [0.15, 0.2) is 0 Å². The van der Waals surface area contributed by atoms with E-state index in [4.69, 9.17) is 25.5 Å². The Hall–Kier alpha value is -0.300. The normalized spacial score (nSPS) is 19.8. The summed E-state index contributed by atoms with van der Waals surface area (Å²) >= 11 is 0. The summed E-state index contributed by atoms with van der Waals surface area (Å²) < 4.78 is 0. The molecular formula is C4H12N2O5P+. The molecule has 7 nitrogen and oxygen atoms in total. The van der Waals surface area contributed by atoms with Crippen LogP contribution in [0.25, 0.3) is 0 Å². The third kappa shape index (κ3) is 2.98. The first kappa shape index (κ1) is 11.7. The highest BCUT2D eigenvalue weighted by Gasteiger charge is 2.56. The molecule has 1 amide bonds. The van der Waals surface area contributed by atoms with Gasteiger partial charge in [-0.1, -0.05) is 0 Å². The molecule has 72 valence electrons. The van der Waals surface area contributed by atoms with Crippen molar-refractivity contribution in [1.29, 1.82) is 0 Å². The molecule has 2 atom stereocenters. The number of aliphatic hydroxyl groups is 1. The highest BCUT2D eigenvalue weighted by atomic mass is 31.2. The molecule has 0 fully saturated rings. The van der Waals surface area contributed by atoms with Gasteiger partial charge in [-0.15, -0.1) is 0 Å². The van der Waals surface area contributed by atoms with E-state index in [0.717, 1.165) is 6.92 Å². The van der Waals surface area contributed by atoms with Gasteiger partial charge in [0, 0.05) is 0 Å². The molecule has 0 aromatic heterocycles. The maximum absolute atomic E-state index is 10.5. The Morgan fingerprint density at radius 2 is 1.83 bits per heavy atom. The second-order valence-corrected chi connectivity index (χ2v) is 4.39. The average molecular weight is 199 g/mol. The number of carbonyl (C=O) groups is 1. The maximum Gasteiger partial charge on any atom is 0.421 e. The van der Waals surface area contributed by atoms with Crippen molar-refractivity contribution in [3.05, 3.63) is 0 Å². The Bertz CT molecular complexity index is 169. The maximum atomic E-state index is 10.5. The van der Waals surface area contributed by atoms with Crippen molar-refractivity contribution in [2.24, 2.45) is 11.5 Å². The summed E-state index contributed by atoms with van der Waals surface area (Å²) in [5.74, 6) is -1.27. The zero-order chi connectivity index (χ0) is 10.2. The number of nitrogens with two attached hydrogens (primary N) is 2. The molecule has 0 aliphatic carbocycles. The van der Waals surface area contributed by atoms with Gasteiger partial charge in [0.1, 0.15) is 0 Å². The van der Waals surface area contributed by atoms with E-state index >= 15 is 0 Å². The van der Waals surface area contributed by atoms with Crippen molar-refractivity contribution in [2.75, 3.05) is 0 Å². The number of amides is 1. The molecule has 0 aliphatic heterocycles. The predicted octanol–water partition coefficient (Wildman–Crippen LogP) is -2.75. The lowest BCUT2D eigenvalue weighted by molar-refractivity contribution is -0.122.